The molecule has 0 radical (unpaired) electrons. The SMILES string of the molecule is CCc1cc(CC(N)c2ncc(C)cc2C)n(C)n1. The van der Waals surface area contributed by atoms with Gasteiger partial charge >= 0.3 is 0 Å². The summed E-state index contributed by atoms with van der Waals surface area (Å²) in [5.74, 6) is 0. The van der Waals surface area contributed by atoms with Crippen molar-refractivity contribution < 1.29 is 0 Å². The molecule has 4 heteroatoms. The molecule has 0 fully saturated rings. The van der Waals surface area contributed by atoms with Gasteiger partial charge in [0.25, 0.3) is 0 Å². The molecule has 102 valence electrons. The maximum Gasteiger partial charge on any atom is 0.0624 e. The number of aromatic nitrogens is 3. The van der Waals surface area contributed by atoms with Gasteiger partial charge in [0.15, 0.2) is 0 Å². The minimum atomic E-state index is -0.0827. The van der Waals surface area contributed by atoms with Crippen molar-refractivity contribution in [1.82, 2.24) is 14.8 Å². The molecule has 0 aliphatic carbocycles. The number of rotatable bonds is 4. The van der Waals surface area contributed by atoms with Crippen molar-refractivity contribution in [3.63, 3.8) is 0 Å². The monoisotopic (exact) mass is 258 g/mol. The molecule has 0 amide bonds. The number of hydrogen-bond acceptors (Lipinski definition) is 3. The molecule has 0 aliphatic rings. The van der Waals surface area contributed by atoms with Crippen molar-refractivity contribution >= 4 is 0 Å². The molecule has 2 aromatic rings. The highest BCUT2D eigenvalue weighted by atomic mass is 15.3. The van der Waals surface area contributed by atoms with Crippen molar-refractivity contribution in [3.8, 4) is 0 Å². The highest BCUT2D eigenvalue weighted by Gasteiger charge is 2.14. The first kappa shape index (κ1) is 13.7. The van der Waals surface area contributed by atoms with Gasteiger partial charge in [-0.2, -0.15) is 5.10 Å². The van der Waals surface area contributed by atoms with Crippen LogP contribution in [0.25, 0.3) is 0 Å². The fourth-order valence-electron chi connectivity index (χ4n) is 2.37. The average molecular weight is 258 g/mol. The summed E-state index contributed by atoms with van der Waals surface area (Å²) in [6.45, 7) is 6.22. The lowest BCUT2D eigenvalue weighted by atomic mass is 10.0. The Balaban J connectivity index is 2.20. The minimum Gasteiger partial charge on any atom is -0.322 e. The van der Waals surface area contributed by atoms with Gasteiger partial charge in [-0.1, -0.05) is 13.0 Å². The number of pyridine rings is 1. The molecule has 0 aromatic carbocycles. The van der Waals surface area contributed by atoms with E-state index in [1.165, 1.54) is 5.56 Å². The Hall–Kier alpha value is -1.68. The van der Waals surface area contributed by atoms with E-state index in [0.717, 1.165) is 35.5 Å². The first-order chi connectivity index (χ1) is 9.01. The Morgan fingerprint density at radius 2 is 2.05 bits per heavy atom. The second-order valence-electron chi connectivity index (χ2n) is 5.13. The molecule has 19 heavy (non-hydrogen) atoms. The molecule has 2 rings (SSSR count). The molecule has 4 nitrogen and oxygen atoms in total. The third-order valence-corrected chi connectivity index (χ3v) is 3.43. The predicted octanol–water partition coefficient (Wildman–Crippen LogP) is 2.24. The van der Waals surface area contributed by atoms with Crippen LogP contribution in [0.5, 0.6) is 0 Å². The zero-order valence-corrected chi connectivity index (χ0v) is 12.1. The fourth-order valence-corrected chi connectivity index (χ4v) is 2.37. The lowest BCUT2D eigenvalue weighted by molar-refractivity contribution is 0.624. The topological polar surface area (TPSA) is 56.7 Å². The third-order valence-electron chi connectivity index (χ3n) is 3.43. The standard InChI is InChI=1S/C15H22N4/c1-5-12-7-13(19(4)18-12)8-14(16)15-11(3)6-10(2)9-17-15/h6-7,9,14H,5,8,16H2,1-4H3. The average Bonchev–Trinajstić information content (AvgIpc) is 2.70. The Kier molecular flexibility index (Phi) is 4.00. The summed E-state index contributed by atoms with van der Waals surface area (Å²) in [5, 5.41) is 4.45. The molecule has 2 N–H and O–H groups in total. The molecule has 0 saturated heterocycles. The molecule has 2 aromatic heterocycles. The molecule has 0 aliphatic heterocycles. The van der Waals surface area contributed by atoms with Crippen LogP contribution in [-0.2, 0) is 19.9 Å². The molecular weight excluding hydrogens is 236 g/mol. The van der Waals surface area contributed by atoms with E-state index in [9.17, 15) is 0 Å². The third kappa shape index (κ3) is 3.01. The zero-order chi connectivity index (χ0) is 14.0. The predicted molar refractivity (Wildman–Crippen MR) is 76.9 cm³/mol. The van der Waals surface area contributed by atoms with Crippen molar-refractivity contribution in [2.45, 2.75) is 39.7 Å². The quantitative estimate of drug-likeness (QED) is 0.915. The number of nitrogens with zero attached hydrogens (tertiary/aromatic N) is 3. The Labute approximate surface area is 114 Å². The van der Waals surface area contributed by atoms with Gasteiger partial charge in [0, 0.05) is 25.4 Å². The van der Waals surface area contributed by atoms with Crippen molar-refractivity contribution in [2.24, 2.45) is 12.8 Å². The molecule has 2 heterocycles. The summed E-state index contributed by atoms with van der Waals surface area (Å²) in [4.78, 5) is 4.48. The van der Waals surface area contributed by atoms with Crippen LogP contribution in [0.3, 0.4) is 0 Å². The van der Waals surface area contributed by atoms with E-state index in [0.29, 0.717) is 0 Å². The minimum absolute atomic E-state index is 0.0827. The molecule has 1 atom stereocenters. The van der Waals surface area contributed by atoms with E-state index in [-0.39, 0.29) is 6.04 Å². The van der Waals surface area contributed by atoms with Crippen molar-refractivity contribution in [3.05, 3.63) is 46.5 Å². The van der Waals surface area contributed by atoms with E-state index >= 15 is 0 Å². The van der Waals surface area contributed by atoms with Crippen LogP contribution in [0.15, 0.2) is 18.3 Å². The molecule has 0 saturated carbocycles. The first-order valence-electron chi connectivity index (χ1n) is 6.71. The second kappa shape index (κ2) is 5.53. The van der Waals surface area contributed by atoms with Crippen LogP contribution in [0.2, 0.25) is 0 Å². The summed E-state index contributed by atoms with van der Waals surface area (Å²) < 4.78 is 1.92. The van der Waals surface area contributed by atoms with E-state index in [4.69, 9.17) is 5.73 Å². The van der Waals surface area contributed by atoms with E-state index in [1.807, 2.05) is 24.9 Å². The Bertz CT molecular complexity index is 572. The van der Waals surface area contributed by atoms with Crippen LogP contribution in [0, 0.1) is 13.8 Å². The number of hydrogen-bond donors (Lipinski definition) is 1. The van der Waals surface area contributed by atoms with Crippen LogP contribution in [0.4, 0.5) is 0 Å². The van der Waals surface area contributed by atoms with Crippen LogP contribution in [-0.4, -0.2) is 14.8 Å². The van der Waals surface area contributed by atoms with Gasteiger partial charge in [0.1, 0.15) is 0 Å². The summed E-state index contributed by atoms with van der Waals surface area (Å²) in [6, 6.07) is 4.17. The van der Waals surface area contributed by atoms with Crippen LogP contribution in [0.1, 0.15) is 41.2 Å². The number of nitrogens with two attached hydrogens (primary N) is 1. The van der Waals surface area contributed by atoms with E-state index < -0.39 is 0 Å². The van der Waals surface area contributed by atoms with Crippen molar-refractivity contribution in [1.29, 1.82) is 0 Å². The maximum atomic E-state index is 6.29. The molecule has 0 bridgehead atoms. The normalized spacial score (nSPS) is 12.7. The fraction of sp³-hybridized carbons (Fsp3) is 0.467. The van der Waals surface area contributed by atoms with Gasteiger partial charge in [-0.25, -0.2) is 0 Å². The van der Waals surface area contributed by atoms with Crippen molar-refractivity contribution in [2.75, 3.05) is 0 Å². The molecular formula is C15H22N4. The summed E-state index contributed by atoms with van der Waals surface area (Å²) in [7, 11) is 1.97. The van der Waals surface area contributed by atoms with E-state index in [2.05, 4.69) is 36.1 Å². The lowest BCUT2D eigenvalue weighted by Crippen LogP contribution is -2.18. The highest BCUT2D eigenvalue weighted by molar-refractivity contribution is 5.26. The van der Waals surface area contributed by atoms with Gasteiger partial charge in [-0.3, -0.25) is 9.67 Å². The highest BCUT2D eigenvalue weighted by Crippen LogP contribution is 2.18. The summed E-state index contributed by atoms with van der Waals surface area (Å²) in [5.41, 5.74) is 11.9. The first-order valence-corrected chi connectivity index (χ1v) is 6.71. The van der Waals surface area contributed by atoms with Crippen LogP contribution >= 0.6 is 0 Å². The maximum absolute atomic E-state index is 6.29. The second-order valence-corrected chi connectivity index (χ2v) is 5.13. The van der Waals surface area contributed by atoms with Gasteiger partial charge in [-0.15, -0.1) is 0 Å². The van der Waals surface area contributed by atoms with Gasteiger partial charge in [0.05, 0.1) is 17.4 Å². The zero-order valence-electron chi connectivity index (χ0n) is 12.1. The van der Waals surface area contributed by atoms with E-state index in [1.54, 1.807) is 0 Å². The Morgan fingerprint density at radius 3 is 2.63 bits per heavy atom. The lowest BCUT2D eigenvalue weighted by Gasteiger charge is -2.14. The summed E-state index contributed by atoms with van der Waals surface area (Å²) in [6.07, 6.45) is 3.59. The Morgan fingerprint density at radius 1 is 1.32 bits per heavy atom. The largest absolute Gasteiger partial charge is 0.322 e. The number of aryl methyl sites for hydroxylation is 4. The molecule has 0 spiro atoms. The van der Waals surface area contributed by atoms with Crippen LogP contribution < -0.4 is 5.73 Å². The van der Waals surface area contributed by atoms with Gasteiger partial charge in [0.2, 0.25) is 0 Å². The smallest absolute Gasteiger partial charge is 0.0624 e. The van der Waals surface area contributed by atoms with Gasteiger partial charge < -0.3 is 5.73 Å². The van der Waals surface area contributed by atoms with Gasteiger partial charge in [-0.05, 0) is 37.5 Å². The molecule has 1 unspecified atom stereocenters. The summed E-state index contributed by atoms with van der Waals surface area (Å²) >= 11 is 0.